The Balaban J connectivity index is 2.00. The zero-order valence-electron chi connectivity index (χ0n) is 10.8. The topological polar surface area (TPSA) is 66.0 Å². The fourth-order valence-corrected chi connectivity index (χ4v) is 2.33. The van der Waals surface area contributed by atoms with Gasteiger partial charge in [-0.15, -0.1) is 0 Å². The summed E-state index contributed by atoms with van der Waals surface area (Å²) in [6, 6.07) is 9.04. The minimum atomic E-state index is -1.29. The van der Waals surface area contributed by atoms with Gasteiger partial charge in [-0.25, -0.2) is 0 Å². The van der Waals surface area contributed by atoms with Gasteiger partial charge in [-0.2, -0.15) is 10.1 Å². The van der Waals surface area contributed by atoms with Crippen LogP contribution in [0.2, 0.25) is 0 Å². The number of rotatable bonds is 1. The van der Waals surface area contributed by atoms with Crippen LogP contribution < -0.4 is 0 Å². The Bertz CT molecular complexity index is 652. The molecule has 1 aromatic heterocycles. The maximum atomic E-state index is 12.3. The van der Waals surface area contributed by atoms with Gasteiger partial charge in [-0.1, -0.05) is 18.2 Å². The third-order valence-electron chi connectivity index (χ3n) is 3.15. The minimum absolute atomic E-state index is 0.180. The molecule has 0 radical (unpaired) electrons. The minimum Gasteiger partial charge on any atom is -0.451 e. The van der Waals surface area contributed by atoms with Gasteiger partial charge in [-0.05, 0) is 26.0 Å². The highest BCUT2D eigenvalue weighted by molar-refractivity contribution is 5.98. The molecule has 2 aromatic rings. The average Bonchev–Trinajstić information content (AvgIpc) is 2.88. The Morgan fingerprint density at radius 3 is 2.84 bits per heavy atom. The molecule has 1 aliphatic rings. The van der Waals surface area contributed by atoms with Crippen LogP contribution in [0, 0.1) is 0 Å². The van der Waals surface area contributed by atoms with Gasteiger partial charge >= 0.3 is 5.91 Å². The van der Waals surface area contributed by atoms with E-state index >= 15 is 0 Å². The molecule has 0 spiro atoms. The Morgan fingerprint density at radius 1 is 1.47 bits per heavy atom. The third-order valence-corrected chi connectivity index (χ3v) is 3.15. The van der Waals surface area contributed by atoms with Crippen LogP contribution >= 0.6 is 0 Å². The van der Waals surface area contributed by atoms with Gasteiger partial charge in [0, 0.05) is 17.5 Å². The van der Waals surface area contributed by atoms with Crippen molar-refractivity contribution >= 4 is 22.6 Å². The Morgan fingerprint density at radius 2 is 2.21 bits per heavy atom. The van der Waals surface area contributed by atoms with E-state index in [1.54, 1.807) is 26.0 Å². The molecule has 1 atom stereocenters. The first-order valence-electron chi connectivity index (χ1n) is 6.07. The molecule has 2 heterocycles. The molecule has 1 aliphatic heterocycles. The van der Waals surface area contributed by atoms with Crippen LogP contribution in [0.4, 0.5) is 0 Å². The number of hydrogen-bond donors (Lipinski definition) is 1. The predicted molar refractivity (Wildman–Crippen MR) is 70.7 cm³/mol. The van der Waals surface area contributed by atoms with Crippen molar-refractivity contribution in [2.45, 2.75) is 26.0 Å². The van der Waals surface area contributed by atoms with Gasteiger partial charge in [0.15, 0.2) is 11.5 Å². The second-order valence-electron chi connectivity index (χ2n) is 4.99. The van der Waals surface area contributed by atoms with Crippen molar-refractivity contribution in [3.63, 3.8) is 0 Å². The van der Waals surface area contributed by atoms with Gasteiger partial charge in [0.2, 0.25) is 0 Å². The smallest absolute Gasteiger partial charge is 0.312 e. The second-order valence-corrected chi connectivity index (χ2v) is 4.99. The Labute approximate surface area is 110 Å². The highest BCUT2D eigenvalue weighted by Gasteiger charge is 2.40. The first kappa shape index (κ1) is 11.9. The molecular weight excluding hydrogens is 244 g/mol. The molecule has 5 nitrogen and oxygen atoms in total. The van der Waals surface area contributed by atoms with Crippen LogP contribution in [0.5, 0.6) is 0 Å². The van der Waals surface area contributed by atoms with Crippen LogP contribution in [0.25, 0.3) is 11.0 Å². The lowest BCUT2D eigenvalue weighted by Crippen LogP contribution is -2.43. The van der Waals surface area contributed by atoms with Crippen LogP contribution in [-0.2, 0) is 0 Å². The highest BCUT2D eigenvalue weighted by Crippen LogP contribution is 2.28. The van der Waals surface area contributed by atoms with Gasteiger partial charge in [0.05, 0.1) is 0 Å². The predicted octanol–water partition coefficient (Wildman–Crippen LogP) is 2.36. The van der Waals surface area contributed by atoms with Crippen LogP contribution in [0.3, 0.4) is 0 Å². The normalized spacial score (nSPS) is 22.9. The van der Waals surface area contributed by atoms with E-state index in [1.807, 2.05) is 18.2 Å². The third kappa shape index (κ3) is 1.92. The number of aliphatic hydroxyl groups is 1. The molecule has 1 aromatic carbocycles. The summed E-state index contributed by atoms with van der Waals surface area (Å²) >= 11 is 0. The Kier molecular flexibility index (Phi) is 2.46. The molecular formula is C14H14N2O3. The monoisotopic (exact) mass is 258 g/mol. The number of benzene rings is 1. The maximum absolute atomic E-state index is 12.3. The maximum Gasteiger partial charge on any atom is 0.312 e. The number of carbonyl (C=O) groups is 1. The molecule has 98 valence electrons. The average molecular weight is 258 g/mol. The number of hydrazone groups is 1. The number of carbonyl (C=O) groups excluding carboxylic acids is 1. The lowest BCUT2D eigenvalue weighted by Gasteiger charge is -2.25. The molecule has 19 heavy (non-hydrogen) atoms. The number of furan rings is 1. The zero-order valence-corrected chi connectivity index (χ0v) is 10.8. The number of nitrogens with zero attached hydrogens (tertiary/aromatic N) is 2. The summed E-state index contributed by atoms with van der Waals surface area (Å²) < 4.78 is 5.50. The van der Waals surface area contributed by atoms with E-state index < -0.39 is 11.6 Å². The molecule has 0 unspecified atom stereocenters. The quantitative estimate of drug-likeness (QED) is 0.853. The van der Waals surface area contributed by atoms with E-state index in [9.17, 15) is 9.90 Å². The van der Waals surface area contributed by atoms with Gasteiger partial charge in [0.1, 0.15) is 5.58 Å². The Hall–Kier alpha value is -2.14. The number of hydrogen-bond acceptors (Lipinski definition) is 4. The molecule has 0 bridgehead atoms. The summed E-state index contributed by atoms with van der Waals surface area (Å²) in [5.74, 6) is -0.252. The van der Waals surface area contributed by atoms with Gasteiger partial charge in [-0.3, -0.25) is 4.79 Å². The molecule has 0 saturated heterocycles. The van der Waals surface area contributed by atoms with Crippen molar-refractivity contribution in [2.24, 2.45) is 5.10 Å². The summed E-state index contributed by atoms with van der Waals surface area (Å²) in [5.41, 5.74) is 0.0694. The lowest BCUT2D eigenvalue weighted by atomic mass is 10.1. The summed E-state index contributed by atoms with van der Waals surface area (Å²) in [4.78, 5) is 12.3. The van der Waals surface area contributed by atoms with Crippen molar-refractivity contribution < 1.29 is 14.3 Å². The molecule has 0 fully saturated rings. The molecule has 3 rings (SSSR count). The number of para-hydroxylation sites is 1. The van der Waals surface area contributed by atoms with Gasteiger partial charge in [0.25, 0.3) is 0 Å². The number of amides is 1. The van der Waals surface area contributed by atoms with Gasteiger partial charge < -0.3 is 9.52 Å². The van der Waals surface area contributed by atoms with E-state index in [4.69, 9.17) is 4.42 Å². The van der Waals surface area contributed by atoms with E-state index in [2.05, 4.69) is 5.10 Å². The molecule has 1 amide bonds. The summed E-state index contributed by atoms with van der Waals surface area (Å²) in [6.07, 6.45) is 0.346. The van der Waals surface area contributed by atoms with Crippen LogP contribution in [0.15, 0.2) is 39.9 Å². The van der Waals surface area contributed by atoms with Crippen LogP contribution in [-0.4, -0.2) is 27.5 Å². The van der Waals surface area contributed by atoms with E-state index in [0.717, 1.165) is 16.1 Å². The van der Waals surface area contributed by atoms with E-state index in [1.165, 1.54) is 0 Å². The van der Waals surface area contributed by atoms with Crippen molar-refractivity contribution in [1.82, 2.24) is 5.01 Å². The van der Waals surface area contributed by atoms with Crippen molar-refractivity contribution in [3.05, 3.63) is 36.1 Å². The molecule has 0 saturated carbocycles. The van der Waals surface area contributed by atoms with Crippen molar-refractivity contribution in [3.8, 4) is 0 Å². The lowest BCUT2D eigenvalue weighted by molar-refractivity contribution is -0.0565. The summed E-state index contributed by atoms with van der Waals surface area (Å²) in [7, 11) is 0. The van der Waals surface area contributed by atoms with Crippen molar-refractivity contribution in [1.29, 1.82) is 0 Å². The van der Waals surface area contributed by atoms with Crippen LogP contribution in [0.1, 0.15) is 30.8 Å². The first-order chi connectivity index (χ1) is 8.97. The van der Waals surface area contributed by atoms with Crippen molar-refractivity contribution in [2.75, 3.05) is 0 Å². The SMILES string of the molecule is CC1=NN(C(=O)c2cc3ccccc3o2)[C@@](C)(O)C1. The highest BCUT2D eigenvalue weighted by atomic mass is 16.4. The summed E-state index contributed by atoms with van der Waals surface area (Å²) in [6.45, 7) is 3.34. The molecule has 5 heteroatoms. The first-order valence-corrected chi connectivity index (χ1v) is 6.07. The largest absolute Gasteiger partial charge is 0.451 e. The fourth-order valence-electron chi connectivity index (χ4n) is 2.33. The number of fused-ring (bicyclic) bond motifs is 1. The zero-order chi connectivity index (χ0) is 13.6. The molecule has 0 aliphatic carbocycles. The van der Waals surface area contributed by atoms with E-state index in [-0.39, 0.29) is 5.76 Å². The molecule has 1 N–H and O–H groups in total. The second kappa shape index (κ2) is 3.93. The summed E-state index contributed by atoms with van der Waals surface area (Å²) in [5, 5.41) is 16.2. The van der Waals surface area contributed by atoms with E-state index in [0.29, 0.717) is 12.0 Å². The standard InChI is InChI=1S/C14H14N2O3/c1-9-8-14(2,18)16(15-9)13(17)12-7-10-5-3-4-6-11(10)19-12/h3-7,18H,8H2,1-2H3/t14-/m0/s1. The fraction of sp³-hybridized carbons (Fsp3) is 0.286.